The Morgan fingerprint density at radius 2 is 2.05 bits per heavy atom. The Labute approximate surface area is 130 Å². The molecule has 0 bridgehead atoms. The van der Waals surface area contributed by atoms with Gasteiger partial charge in [0, 0.05) is 23.2 Å². The largest absolute Gasteiger partial charge is 0.493 e. The van der Waals surface area contributed by atoms with Crippen LogP contribution in [0.15, 0.2) is 12.1 Å². The SMILES string of the molecule is COc1cc(Cl)cc(CNCC(C)C)c1OC(C)C(=O)O. The number of ether oxygens (including phenoxy) is 2. The van der Waals surface area contributed by atoms with Crippen molar-refractivity contribution in [2.75, 3.05) is 13.7 Å². The third-order valence-electron chi connectivity index (χ3n) is 2.83. The predicted octanol–water partition coefficient (Wildman–Crippen LogP) is 2.95. The zero-order valence-corrected chi connectivity index (χ0v) is 13.5. The molecule has 0 heterocycles. The van der Waals surface area contributed by atoms with E-state index in [2.05, 4.69) is 19.2 Å². The van der Waals surface area contributed by atoms with E-state index in [1.165, 1.54) is 14.0 Å². The molecule has 0 radical (unpaired) electrons. The molecule has 0 amide bonds. The predicted molar refractivity (Wildman–Crippen MR) is 82.3 cm³/mol. The first-order valence-electron chi connectivity index (χ1n) is 6.81. The van der Waals surface area contributed by atoms with Crippen LogP contribution in [0.1, 0.15) is 26.3 Å². The smallest absolute Gasteiger partial charge is 0.344 e. The molecule has 0 fully saturated rings. The van der Waals surface area contributed by atoms with Crippen LogP contribution in [-0.2, 0) is 11.3 Å². The second-order valence-electron chi connectivity index (χ2n) is 5.22. The second-order valence-corrected chi connectivity index (χ2v) is 5.66. The lowest BCUT2D eigenvalue weighted by Gasteiger charge is -2.18. The molecule has 0 aromatic heterocycles. The zero-order valence-electron chi connectivity index (χ0n) is 12.8. The first-order chi connectivity index (χ1) is 9.85. The van der Waals surface area contributed by atoms with Gasteiger partial charge in [0.2, 0.25) is 0 Å². The summed E-state index contributed by atoms with van der Waals surface area (Å²) in [6.07, 6.45) is -0.969. The molecule has 1 rings (SSSR count). The fourth-order valence-corrected chi connectivity index (χ4v) is 1.99. The van der Waals surface area contributed by atoms with Crippen molar-refractivity contribution >= 4 is 17.6 Å². The summed E-state index contributed by atoms with van der Waals surface area (Å²) in [5, 5.41) is 12.8. The molecule has 1 aromatic carbocycles. The van der Waals surface area contributed by atoms with E-state index < -0.39 is 12.1 Å². The molecule has 0 aliphatic carbocycles. The summed E-state index contributed by atoms with van der Waals surface area (Å²) in [6.45, 7) is 7.05. The van der Waals surface area contributed by atoms with E-state index in [-0.39, 0.29) is 0 Å². The van der Waals surface area contributed by atoms with Crippen LogP contribution in [-0.4, -0.2) is 30.8 Å². The van der Waals surface area contributed by atoms with Crippen LogP contribution in [0.4, 0.5) is 0 Å². The molecule has 5 nitrogen and oxygen atoms in total. The Kier molecular flexibility index (Phi) is 6.78. The van der Waals surface area contributed by atoms with E-state index in [4.69, 9.17) is 26.2 Å². The normalized spacial score (nSPS) is 12.3. The number of hydrogen-bond acceptors (Lipinski definition) is 4. The van der Waals surface area contributed by atoms with Crippen LogP contribution in [0.5, 0.6) is 11.5 Å². The second kappa shape index (κ2) is 8.10. The zero-order chi connectivity index (χ0) is 16.0. The summed E-state index contributed by atoms with van der Waals surface area (Å²) < 4.78 is 10.8. The highest BCUT2D eigenvalue weighted by molar-refractivity contribution is 6.30. The van der Waals surface area contributed by atoms with Crippen molar-refractivity contribution < 1.29 is 19.4 Å². The lowest BCUT2D eigenvalue weighted by atomic mass is 10.1. The molecular weight excluding hydrogens is 294 g/mol. The molecule has 6 heteroatoms. The number of benzene rings is 1. The lowest BCUT2D eigenvalue weighted by Crippen LogP contribution is -2.25. The summed E-state index contributed by atoms with van der Waals surface area (Å²) in [7, 11) is 1.50. The Hall–Kier alpha value is -1.46. The molecule has 118 valence electrons. The van der Waals surface area contributed by atoms with Gasteiger partial charge in [-0.2, -0.15) is 0 Å². The molecule has 1 aromatic rings. The minimum atomic E-state index is -1.03. The van der Waals surface area contributed by atoms with Crippen LogP contribution in [0, 0.1) is 5.92 Å². The number of nitrogens with one attached hydrogen (secondary N) is 1. The molecule has 0 spiro atoms. The van der Waals surface area contributed by atoms with Crippen molar-refractivity contribution in [3.05, 3.63) is 22.7 Å². The molecule has 2 N–H and O–H groups in total. The summed E-state index contributed by atoms with van der Waals surface area (Å²) in [5.41, 5.74) is 0.771. The highest BCUT2D eigenvalue weighted by Gasteiger charge is 2.19. The minimum Gasteiger partial charge on any atom is -0.493 e. The van der Waals surface area contributed by atoms with Crippen molar-refractivity contribution in [2.24, 2.45) is 5.92 Å². The maximum atomic E-state index is 11.0. The average Bonchev–Trinajstić information content (AvgIpc) is 2.40. The highest BCUT2D eigenvalue weighted by Crippen LogP contribution is 2.35. The summed E-state index contributed by atoms with van der Waals surface area (Å²) in [5.74, 6) is 0.312. The topological polar surface area (TPSA) is 67.8 Å². The van der Waals surface area contributed by atoms with Crippen molar-refractivity contribution in [2.45, 2.75) is 33.4 Å². The third-order valence-corrected chi connectivity index (χ3v) is 3.05. The van der Waals surface area contributed by atoms with Crippen LogP contribution in [0.2, 0.25) is 5.02 Å². The Morgan fingerprint density at radius 1 is 1.38 bits per heavy atom. The van der Waals surface area contributed by atoms with E-state index in [1.54, 1.807) is 12.1 Å². The summed E-state index contributed by atoms with van der Waals surface area (Å²) in [6, 6.07) is 3.36. The van der Waals surface area contributed by atoms with Crippen molar-refractivity contribution in [1.82, 2.24) is 5.32 Å². The van der Waals surface area contributed by atoms with E-state index >= 15 is 0 Å². The molecule has 21 heavy (non-hydrogen) atoms. The first kappa shape index (κ1) is 17.6. The van der Waals surface area contributed by atoms with Gasteiger partial charge in [-0.05, 0) is 25.5 Å². The van der Waals surface area contributed by atoms with Gasteiger partial charge in [0.05, 0.1) is 7.11 Å². The van der Waals surface area contributed by atoms with Gasteiger partial charge in [-0.15, -0.1) is 0 Å². The molecule has 0 saturated carbocycles. The number of aliphatic carboxylic acids is 1. The van der Waals surface area contributed by atoms with Crippen LogP contribution >= 0.6 is 11.6 Å². The van der Waals surface area contributed by atoms with Crippen molar-refractivity contribution in [3.8, 4) is 11.5 Å². The summed E-state index contributed by atoms with van der Waals surface area (Å²) in [4.78, 5) is 11.0. The quantitative estimate of drug-likeness (QED) is 0.772. The van der Waals surface area contributed by atoms with Crippen LogP contribution < -0.4 is 14.8 Å². The maximum absolute atomic E-state index is 11.0. The van der Waals surface area contributed by atoms with Gasteiger partial charge in [-0.25, -0.2) is 4.79 Å². The van der Waals surface area contributed by atoms with Gasteiger partial charge in [0.1, 0.15) is 0 Å². The average molecular weight is 316 g/mol. The van der Waals surface area contributed by atoms with Gasteiger partial charge in [-0.1, -0.05) is 25.4 Å². The molecular formula is C15H22ClNO4. The Bertz CT molecular complexity index is 491. The Morgan fingerprint density at radius 3 is 2.57 bits per heavy atom. The van der Waals surface area contributed by atoms with Gasteiger partial charge in [-0.3, -0.25) is 0 Å². The van der Waals surface area contributed by atoms with Crippen LogP contribution in [0.25, 0.3) is 0 Å². The number of halogens is 1. The van der Waals surface area contributed by atoms with E-state index in [9.17, 15) is 4.79 Å². The van der Waals surface area contributed by atoms with Crippen LogP contribution in [0.3, 0.4) is 0 Å². The number of hydrogen-bond donors (Lipinski definition) is 2. The maximum Gasteiger partial charge on any atom is 0.344 e. The first-order valence-corrected chi connectivity index (χ1v) is 7.19. The monoisotopic (exact) mass is 315 g/mol. The van der Waals surface area contributed by atoms with Gasteiger partial charge in [0.15, 0.2) is 17.6 Å². The van der Waals surface area contributed by atoms with Crippen molar-refractivity contribution in [3.63, 3.8) is 0 Å². The number of carboxylic acids is 1. The third kappa shape index (κ3) is 5.44. The van der Waals surface area contributed by atoms with E-state index in [0.29, 0.717) is 29.0 Å². The van der Waals surface area contributed by atoms with Gasteiger partial charge < -0.3 is 19.9 Å². The lowest BCUT2D eigenvalue weighted by molar-refractivity contribution is -0.144. The minimum absolute atomic E-state index is 0.410. The van der Waals surface area contributed by atoms with Gasteiger partial charge in [0.25, 0.3) is 0 Å². The molecule has 0 saturated heterocycles. The summed E-state index contributed by atoms with van der Waals surface area (Å²) >= 11 is 6.06. The van der Waals surface area contributed by atoms with Crippen molar-refractivity contribution in [1.29, 1.82) is 0 Å². The number of carboxylic acid groups (broad SMARTS) is 1. The number of rotatable bonds is 8. The molecule has 1 atom stereocenters. The highest BCUT2D eigenvalue weighted by atomic mass is 35.5. The fraction of sp³-hybridized carbons (Fsp3) is 0.533. The Balaban J connectivity index is 3.02. The molecule has 1 unspecified atom stereocenters. The van der Waals surface area contributed by atoms with Gasteiger partial charge >= 0.3 is 5.97 Å². The van der Waals surface area contributed by atoms with E-state index in [0.717, 1.165) is 12.1 Å². The number of carbonyl (C=O) groups is 1. The molecule has 0 aliphatic heterocycles. The molecule has 0 aliphatic rings. The fourth-order valence-electron chi connectivity index (χ4n) is 1.76. The van der Waals surface area contributed by atoms with E-state index in [1.807, 2.05) is 0 Å². The number of methoxy groups -OCH3 is 1. The standard InChI is InChI=1S/C15H22ClNO4/c1-9(2)7-17-8-11-5-12(16)6-13(20-4)14(11)21-10(3)15(18)19/h5-6,9-10,17H,7-8H2,1-4H3,(H,18,19).